The predicted octanol–water partition coefficient (Wildman–Crippen LogP) is 3.39. The van der Waals surface area contributed by atoms with E-state index in [0.29, 0.717) is 11.5 Å². The summed E-state index contributed by atoms with van der Waals surface area (Å²) in [6.45, 7) is 1.72. The molecule has 0 radical (unpaired) electrons. The van der Waals surface area contributed by atoms with Crippen LogP contribution in [0.25, 0.3) is 0 Å². The van der Waals surface area contributed by atoms with Crippen molar-refractivity contribution in [3.8, 4) is 0 Å². The van der Waals surface area contributed by atoms with Gasteiger partial charge in [-0.25, -0.2) is 8.78 Å². The fourth-order valence-electron chi connectivity index (χ4n) is 1.26. The van der Waals surface area contributed by atoms with Crippen molar-refractivity contribution in [2.75, 3.05) is 5.43 Å². The van der Waals surface area contributed by atoms with Gasteiger partial charge in [0.05, 0.1) is 12.0 Å². The summed E-state index contributed by atoms with van der Waals surface area (Å²) in [5.74, 6) is -0.735. The Bertz CT molecular complexity index is 535. The summed E-state index contributed by atoms with van der Waals surface area (Å²) in [7, 11) is 0. The first kappa shape index (κ1) is 11.3. The SMILES string of the molecule is CC(=NNc1ccc(F)cc1F)c1ccco1. The summed E-state index contributed by atoms with van der Waals surface area (Å²) < 4.78 is 31.0. The number of hydrogen-bond donors (Lipinski definition) is 1. The van der Waals surface area contributed by atoms with Gasteiger partial charge in [-0.2, -0.15) is 5.10 Å². The fourth-order valence-corrected chi connectivity index (χ4v) is 1.26. The van der Waals surface area contributed by atoms with Crippen molar-refractivity contribution < 1.29 is 13.2 Å². The Balaban J connectivity index is 2.14. The van der Waals surface area contributed by atoms with Gasteiger partial charge >= 0.3 is 0 Å². The molecule has 0 bridgehead atoms. The summed E-state index contributed by atoms with van der Waals surface area (Å²) in [6.07, 6.45) is 1.52. The average molecular weight is 236 g/mol. The summed E-state index contributed by atoms with van der Waals surface area (Å²) in [5, 5.41) is 3.94. The lowest BCUT2D eigenvalue weighted by Gasteiger charge is -2.03. The predicted molar refractivity (Wildman–Crippen MR) is 60.9 cm³/mol. The first-order valence-electron chi connectivity index (χ1n) is 4.96. The van der Waals surface area contributed by atoms with E-state index in [1.54, 1.807) is 19.1 Å². The average Bonchev–Trinajstić information content (AvgIpc) is 2.81. The molecular formula is C12H10F2N2O. The maximum Gasteiger partial charge on any atom is 0.151 e. The highest BCUT2D eigenvalue weighted by molar-refractivity contribution is 5.96. The topological polar surface area (TPSA) is 37.5 Å². The molecule has 1 N–H and O–H groups in total. The van der Waals surface area contributed by atoms with Gasteiger partial charge in [-0.05, 0) is 31.2 Å². The highest BCUT2D eigenvalue weighted by atomic mass is 19.1. The molecule has 0 unspecified atom stereocenters. The van der Waals surface area contributed by atoms with Crippen LogP contribution in [0.3, 0.4) is 0 Å². The van der Waals surface area contributed by atoms with Crippen LogP contribution in [-0.2, 0) is 0 Å². The second-order valence-corrected chi connectivity index (χ2v) is 3.41. The van der Waals surface area contributed by atoms with E-state index in [1.807, 2.05) is 0 Å². The number of halogens is 2. The van der Waals surface area contributed by atoms with E-state index in [9.17, 15) is 8.78 Å². The second kappa shape index (κ2) is 4.78. The summed E-state index contributed by atoms with van der Waals surface area (Å²) in [6, 6.07) is 6.70. The number of anilines is 1. The van der Waals surface area contributed by atoms with Crippen LogP contribution in [0.2, 0.25) is 0 Å². The lowest BCUT2D eigenvalue weighted by molar-refractivity contribution is 0.557. The smallest absolute Gasteiger partial charge is 0.151 e. The zero-order chi connectivity index (χ0) is 12.3. The van der Waals surface area contributed by atoms with Gasteiger partial charge in [0.15, 0.2) is 5.82 Å². The largest absolute Gasteiger partial charge is 0.463 e. The molecule has 5 heteroatoms. The molecule has 88 valence electrons. The molecule has 1 aromatic heterocycles. The standard InChI is InChI=1S/C12H10F2N2O/c1-8(12-3-2-6-17-12)15-16-11-5-4-9(13)7-10(11)14/h2-7,16H,1H3. The van der Waals surface area contributed by atoms with Gasteiger partial charge in [0.25, 0.3) is 0 Å². The Kier molecular flexibility index (Phi) is 3.18. The van der Waals surface area contributed by atoms with Crippen LogP contribution in [-0.4, -0.2) is 5.71 Å². The van der Waals surface area contributed by atoms with Crippen molar-refractivity contribution in [1.29, 1.82) is 0 Å². The van der Waals surface area contributed by atoms with Crippen LogP contribution in [0.1, 0.15) is 12.7 Å². The molecule has 1 aromatic carbocycles. The molecule has 0 saturated heterocycles. The molecule has 0 amide bonds. The van der Waals surface area contributed by atoms with Crippen LogP contribution in [0, 0.1) is 11.6 Å². The first-order valence-corrected chi connectivity index (χ1v) is 4.96. The monoisotopic (exact) mass is 236 g/mol. The zero-order valence-electron chi connectivity index (χ0n) is 9.08. The Morgan fingerprint density at radius 1 is 1.29 bits per heavy atom. The van der Waals surface area contributed by atoms with Crippen molar-refractivity contribution in [3.05, 3.63) is 54.0 Å². The summed E-state index contributed by atoms with van der Waals surface area (Å²) in [4.78, 5) is 0. The van der Waals surface area contributed by atoms with Gasteiger partial charge in [0.2, 0.25) is 0 Å². The Labute approximate surface area is 96.8 Å². The number of furan rings is 1. The fraction of sp³-hybridized carbons (Fsp3) is 0.0833. The maximum absolute atomic E-state index is 13.2. The molecule has 0 aliphatic rings. The van der Waals surface area contributed by atoms with Gasteiger partial charge in [-0.1, -0.05) is 0 Å². The van der Waals surface area contributed by atoms with Crippen LogP contribution >= 0.6 is 0 Å². The Morgan fingerprint density at radius 2 is 2.12 bits per heavy atom. The molecule has 2 rings (SSSR count). The minimum absolute atomic E-state index is 0.109. The number of hydrogen-bond acceptors (Lipinski definition) is 3. The van der Waals surface area contributed by atoms with Crippen molar-refractivity contribution in [2.45, 2.75) is 6.92 Å². The molecule has 0 atom stereocenters. The molecule has 0 spiro atoms. The van der Waals surface area contributed by atoms with E-state index in [-0.39, 0.29) is 5.69 Å². The van der Waals surface area contributed by atoms with Gasteiger partial charge in [-0.15, -0.1) is 0 Å². The van der Waals surface area contributed by atoms with Crippen molar-refractivity contribution in [1.82, 2.24) is 0 Å². The Morgan fingerprint density at radius 3 is 2.76 bits per heavy atom. The number of benzene rings is 1. The molecule has 2 aromatic rings. The van der Waals surface area contributed by atoms with E-state index in [1.165, 1.54) is 12.3 Å². The molecule has 0 fully saturated rings. The molecular weight excluding hydrogens is 226 g/mol. The highest BCUT2D eigenvalue weighted by Crippen LogP contribution is 2.15. The molecule has 0 aliphatic heterocycles. The minimum atomic E-state index is -0.694. The van der Waals surface area contributed by atoms with Crippen LogP contribution < -0.4 is 5.43 Å². The lowest BCUT2D eigenvalue weighted by atomic mass is 10.3. The van der Waals surface area contributed by atoms with Gasteiger partial charge in [-0.3, -0.25) is 5.43 Å². The summed E-state index contributed by atoms with van der Waals surface area (Å²) >= 11 is 0. The first-order chi connectivity index (χ1) is 8.16. The van der Waals surface area contributed by atoms with E-state index in [0.717, 1.165) is 12.1 Å². The number of hydrazone groups is 1. The quantitative estimate of drug-likeness (QED) is 0.655. The second-order valence-electron chi connectivity index (χ2n) is 3.41. The third-order valence-electron chi connectivity index (χ3n) is 2.15. The molecule has 0 aliphatic carbocycles. The van der Waals surface area contributed by atoms with Crippen LogP contribution in [0.5, 0.6) is 0 Å². The number of rotatable bonds is 3. The van der Waals surface area contributed by atoms with Crippen molar-refractivity contribution in [2.24, 2.45) is 5.10 Å². The zero-order valence-corrected chi connectivity index (χ0v) is 9.08. The van der Waals surface area contributed by atoms with E-state index >= 15 is 0 Å². The highest BCUT2D eigenvalue weighted by Gasteiger charge is 2.03. The molecule has 3 nitrogen and oxygen atoms in total. The van der Waals surface area contributed by atoms with Crippen molar-refractivity contribution >= 4 is 11.4 Å². The normalized spacial score (nSPS) is 11.6. The van der Waals surface area contributed by atoms with E-state index in [4.69, 9.17) is 4.42 Å². The van der Waals surface area contributed by atoms with Gasteiger partial charge < -0.3 is 4.42 Å². The van der Waals surface area contributed by atoms with Crippen LogP contribution in [0.15, 0.2) is 46.1 Å². The maximum atomic E-state index is 13.2. The van der Waals surface area contributed by atoms with Gasteiger partial charge in [0, 0.05) is 6.07 Å². The molecule has 1 heterocycles. The number of nitrogens with one attached hydrogen (secondary N) is 1. The van der Waals surface area contributed by atoms with Gasteiger partial charge in [0.1, 0.15) is 17.3 Å². The Hall–Kier alpha value is -2.17. The molecule has 0 saturated carbocycles. The summed E-state index contributed by atoms with van der Waals surface area (Å²) in [5.41, 5.74) is 3.19. The third-order valence-corrected chi connectivity index (χ3v) is 2.15. The number of nitrogens with zero attached hydrogens (tertiary/aromatic N) is 1. The van der Waals surface area contributed by atoms with Crippen molar-refractivity contribution in [3.63, 3.8) is 0 Å². The van der Waals surface area contributed by atoms with E-state index < -0.39 is 11.6 Å². The van der Waals surface area contributed by atoms with E-state index in [2.05, 4.69) is 10.5 Å². The van der Waals surface area contributed by atoms with Crippen LogP contribution in [0.4, 0.5) is 14.5 Å². The lowest BCUT2D eigenvalue weighted by Crippen LogP contribution is -1.99. The third kappa shape index (κ3) is 2.69. The minimum Gasteiger partial charge on any atom is -0.463 e. The molecule has 17 heavy (non-hydrogen) atoms.